The van der Waals surface area contributed by atoms with Gasteiger partial charge >= 0.3 is 0 Å². The summed E-state index contributed by atoms with van der Waals surface area (Å²) in [7, 11) is 0. The van der Waals surface area contributed by atoms with E-state index in [1.54, 1.807) is 40.4 Å². The lowest BCUT2D eigenvalue weighted by Gasteiger charge is -2.21. The van der Waals surface area contributed by atoms with Crippen LogP contribution in [0, 0.1) is 6.92 Å². The van der Waals surface area contributed by atoms with Crippen LogP contribution in [0.1, 0.15) is 28.6 Å². The Bertz CT molecular complexity index is 1190. The number of fused-ring (bicyclic) bond motifs is 2. The monoisotopic (exact) mass is 422 g/mol. The van der Waals surface area contributed by atoms with E-state index in [9.17, 15) is 4.79 Å². The number of hydrogen-bond donors (Lipinski definition) is 1. The lowest BCUT2D eigenvalue weighted by atomic mass is 10.1. The van der Waals surface area contributed by atoms with Crippen molar-refractivity contribution in [3.05, 3.63) is 70.8 Å². The normalized spacial score (nSPS) is 14.3. The maximum absolute atomic E-state index is 12.9. The first-order valence-electron chi connectivity index (χ1n) is 9.13. The highest BCUT2D eigenvalue weighted by Crippen LogP contribution is 2.30. The van der Waals surface area contributed by atoms with Gasteiger partial charge in [0.15, 0.2) is 0 Å². The van der Waals surface area contributed by atoms with E-state index in [0.717, 1.165) is 37.6 Å². The maximum Gasteiger partial charge on any atom is 0.244 e. The zero-order chi connectivity index (χ0) is 20.0. The molecular formula is C20H18N6OS2. The molecule has 146 valence electrons. The summed E-state index contributed by atoms with van der Waals surface area (Å²) >= 11 is 3.18. The molecule has 0 saturated heterocycles. The van der Waals surface area contributed by atoms with Crippen molar-refractivity contribution >= 4 is 39.4 Å². The highest BCUT2D eigenvalue weighted by atomic mass is 32.2. The van der Waals surface area contributed by atoms with Crippen LogP contribution in [0.4, 0.5) is 0 Å². The first kappa shape index (κ1) is 18.3. The Morgan fingerprint density at radius 2 is 2.17 bits per heavy atom. The van der Waals surface area contributed by atoms with Crippen LogP contribution in [0.25, 0.3) is 10.2 Å². The van der Waals surface area contributed by atoms with Gasteiger partial charge in [-0.2, -0.15) is 5.10 Å². The van der Waals surface area contributed by atoms with Gasteiger partial charge in [-0.1, -0.05) is 6.07 Å². The van der Waals surface area contributed by atoms with Gasteiger partial charge in [0, 0.05) is 47.0 Å². The van der Waals surface area contributed by atoms with E-state index in [0.29, 0.717) is 13.1 Å². The molecule has 2 N–H and O–H groups in total. The van der Waals surface area contributed by atoms with Crippen molar-refractivity contribution in [3.8, 4) is 0 Å². The molecular weight excluding hydrogens is 404 g/mol. The summed E-state index contributed by atoms with van der Waals surface area (Å²) in [5.74, 6) is -0.103. The Labute approximate surface area is 175 Å². The third kappa shape index (κ3) is 3.41. The lowest BCUT2D eigenvalue weighted by Crippen LogP contribution is -2.35. The SMILES string of the molecule is Cc1ncccc1C(N)C(=O)N1Cc2cn(Sc3ccc4ncsc4c3)nc2C1. The van der Waals surface area contributed by atoms with Crippen LogP contribution in [0.3, 0.4) is 0 Å². The Kier molecular flexibility index (Phi) is 4.57. The molecule has 1 aromatic carbocycles. The van der Waals surface area contributed by atoms with E-state index in [1.807, 2.05) is 40.9 Å². The second-order valence-electron chi connectivity index (χ2n) is 6.93. The number of nitrogens with two attached hydrogens (primary N) is 1. The van der Waals surface area contributed by atoms with E-state index in [4.69, 9.17) is 5.73 Å². The molecule has 0 fully saturated rings. The molecule has 0 spiro atoms. The lowest BCUT2D eigenvalue weighted by molar-refractivity contribution is -0.133. The Hall–Kier alpha value is -2.75. The Balaban J connectivity index is 1.29. The van der Waals surface area contributed by atoms with Crippen LogP contribution >= 0.6 is 23.3 Å². The van der Waals surface area contributed by atoms with Crippen molar-refractivity contribution in [2.45, 2.75) is 31.0 Å². The topological polar surface area (TPSA) is 89.9 Å². The van der Waals surface area contributed by atoms with Crippen molar-refractivity contribution in [1.82, 2.24) is 24.1 Å². The zero-order valence-electron chi connectivity index (χ0n) is 15.6. The van der Waals surface area contributed by atoms with E-state index < -0.39 is 6.04 Å². The minimum atomic E-state index is -0.708. The number of hydrogen-bond acceptors (Lipinski definition) is 7. The fourth-order valence-corrected chi connectivity index (χ4v) is 5.11. The van der Waals surface area contributed by atoms with E-state index in [1.165, 1.54) is 0 Å². The molecule has 9 heteroatoms. The number of aromatic nitrogens is 4. The number of carbonyl (C=O) groups excluding carboxylic acids is 1. The summed E-state index contributed by atoms with van der Waals surface area (Å²) in [6.45, 7) is 2.87. The molecule has 7 nitrogen and oxygen atoms in total. The summed E-state index contributed by atoms with van der Waals surface area (Å²) in [5.41, 5.74) is 12.6. The van der Waals surface area contributed by atoms with Gasteiger partial charge in [-0.15, -0.1) is 11.3 Å². The molecule has 0 saturated carbocycles. The maximum atomic E-state index is 12.9. The van der Waals surface area contributed by atoms with Crippen molar-refractivity contribution in [2.24, 2.45) is 5.73 Å². The highest BCUT2D eigenvalue weighted by molar-refractivity contribution is 7.97. The minimum absolute atomic E-state index is 0.103. The minimum Gasteiger partial charge on any atom is -0.331 e. The molecule has 1 aliphatic heterocycles. The average Bonchev–Trinajstić information content (AvgIpc) is 3.41. The number of rotatable bonds is 4. The molecule has 0 radical (unpaired) electrons. The highest BCUT2D eigenvalue weighted by Gasteiger charge is 2.31. The van der Waals surface area contributed by atoms with Crippen LogP contribution < -0.4 is 5.73 Å². The molecule has 5 rings (SSSR count). The molecule has 1 amide bonds. The van der Waals surface area contributed by atoms with Crippen LogP contribution in [0.15, 0.2) is 53.1 Å². The average molecular weight is 423 g/mol. The summed E-state index contributed by atoms with van der Waals surface area (Å²) in [6, 6.07) is 9.14. The standard InChI is InChI=1S/C20H18N6OS2/c1-12-15(3-2-6-22-12)19(21)20(27)25-8-13-9-26(24-17(13)10-25)29-14-4-5-16-18(7-14)28-11-23-16/h2-7,9,11,19H,8,10,21H2,1H3. The predicted molar refractivity (Wildman–Crippen MR) is 113 cm³/mol. The van der Waals surface area contributed by atoms with Crippen molar-refractivity contribution in [1.29, 1.82) is 0 Å². The van der Waals surface area contributed by atoms with Gasteiger partial charge in [0.2, 0.25) is 5.91 Å². The quantitative estimate of drug-likeness (QED) is 0.543. The van der Waals surface area contributed by atoms with E-state index >= 15 is 0 Å². The molecule has 3 aromatic heterocycles. The fraction of sp³-hybridized carbons (Fsp3) is 0.200. The van der Waals surface area contributed by atoms with Gasteiger partial charge in [0.05, 0.1) is 28.0 Å². The fourth-order valence-electron chi connectivity index (χ4n) is 3.49. The first-order valence-corrected chi connectivity index (χ1v) is 10.8. The van der Waals surface area contributed by atoms with Crippen LogP contribution in [0.2, 0.25) is 0 Å². The van der Waals surface area contributed by atoms with Gasteiger partial charge in [-0.05, 0) is 36.8 Å². The smallest absolute Gasteiger partial charge is 0.244 e. The summed E-state index contributed by atoms with van der Waals surface area (Å²) in [5, 5.41) is 4.66. The zero-order valence-corrected chi connectivity index (χ0v) is 17.3. The van der Waals surface area contributed by atoms with Crippen LogP contribution in [0.5, 0.6) is 0 Å². The van der Waals surface area contributed by atoms with Crippen molar-refractivity contribution in [3.63, 3.8) is 0 Å². The third-order valence-corrected chi connectivity index (χ3v) is 6.65. The molecule has 4 heterocycles. The molecule has 0 aliphatic carbocycles. The van der Waals surface area contributed by atoms with Gasteiger partial charge in [-0.3, -0.25) is 9.78 Å². The number of nitrogens with zero attached hydrogens (tertiary/aromatic N) is 5. The molecule has 0 bridgehead atoms. The van der Waals surface area contributed by atoms with Gasteiger partial charge < -0.3 is 10.6 Å². The largest absolute Gasteiger partial charge is 0.331 e. The summed E-state index contributed by atoms with van der Waals surface area (Å²) in [6.07, 6.45) is 3.69. The number of carbonyl (C=O) groups is 1. The van der Waals surface area contributed by atoms with Crippen molar-refractivity contribution < 1.29 is 4.79 Å². The Morgan fingerprint density at radius 3 is 3.00 bits per heavy atom. The Morgan fingerprint density at radius 1 is 1.28 bits per heavy atom. The number of aryl methyl sites for hydroxylation is 1. The van der Waals surface area contributed by atoms with Crippen LogP contribution in [-0.4, -0.2) is 30.0 Å². The first-order chi connectivity index (χ1) is 14.1. The second-order valence-corrected chi connectivity index (χ2v) is 8.84. The predicted octanol–water partition coefficient (Wildman–Crippen LogP) is 3.29. The second kappa shape index (κ2) is 7.25. The summed E-state index contributed by atoms with van der Waals surface area (Å²) < 4.78 is 3.02. The van der Waals surface area contributed by atoms with Gasteiger partial charge in [-0.25, -0.2) is 9.07 Å². The number of thiazole rings is 1. The van der Waals surface area contributed by atoms with Crippen molar-refractivity contribution in [2.75, 3.05) is 0 Å². The molecule has 1 aliphatic rings. The molecule has 4 aromatic rings. The molecule has 1 unspecified atom stereocenters. The summed E-state index contributed by atoms with van der Waals surface area (Å²) in [4.78, 5) is 24.3. The number of pyridine rings is 1. The third-order valence-electron chi connectivity index (χ3n) is 5.02. The van der Waals surface area contributed by atoms with Gasteiger partial charge in [0.1, 0.15) is 6.04 Å². The van der Waals surface area contributed by atoms with Gasteiger partial charge in [0.25, 0.3) is 0 Å². The number of benzene rings is 1. The molecule has 1 atom stereocenters. The van der Waals surface area contributed by atoms with Crippen LogP contribution in [-0.2, 0) is 17.9 Å². The number of amides is 1. The van der Waals surface area contributed by atoms with E-state index in [2.05, 4.69) is 21.1 Å². The van der Waals surface area contributed by atoms with E-state index in [-0.39, 0.29) is 5.91 Å². The molecule has 29 heavy (non-hydrogen) atoms.